The van der Waals surface area contributed by atoms with Crippen LogP contribution in [0.3, 0.4) is 0 Å². The first-order chi connectivity index (χ1) is 10.1. The number of aromatic amines is 1. The molecule has 0 spiro atoms. The summed E-state index contributed by atoms with van der Waals surface area (Å²) in [5.74, 6) is -0.128. The normalized spacial score (nSPS) is 27.8. The fourth-order valence-electron chi connectivity index (χ4n) is 2.28. The Morgan fingerprint density at radius 2 is 2.38 bits per heavy atom. The lowest BCUT2D eigenvalue weighted by atomic mass is 10.1. The summed E-state index contributed by atoms with van der Waals surface area (Å²) >= 11 is 0. The number of halogens is 1. The van der Waals surface area contributed by atoms with Gasteiger partial charge in [-0.15, -0.1) is 0 Å². The van der Waals surface area contributed by atoms with E-state index in [1.807, 2.05) is 0 Å². The quantitative estimate of drug-likeness (QED) is 0.546. The van der Waals surface area contributed by atoms with Crippen molar-refractivity contribution < 1.29 is 19.3 Å². The zero-order chi connectivity index (χ0) is 15.1. The third kappa shape index (κ3) is 2.00. The van der Waals surface area contributed by atoms with Crippen molar-refractivity contribution in [3.05, 3.63) is 28.6 Å². The molecule has 1 aliphatic rings. The number of aliphatic hydroxyl groups excluding tert-OH is 2. The molecule has 2 aromatic rings. The topological polar surface area (TPSA) is 139 Å². The summed E-state index contributed by atoms with van der Waals surface area (Å²) in [5, 5.41) is 19.0. The monoisotopic (exact) mass is 297 g/mol. The largest absolute Gasteiger partial charge is 0.394 e. The lowest BCUT2D eigenvalue weighted by Crippen LogP contribution is -2.25. The Hall–Kier alpha value is -2.30. The van der Waals surface area contributed by atoms with Crippen LogP contribution in [0.4, 0.5) is 10.3 Å². The Morgan fingerprint density at radius 1 is 1.62 bits per heavy atom. The van der Waals surface area contributed by atoms with Gasteiger partial charge >= 0.3 is 0 Å². The maximum absolute atomic E-state index is 13.0. The molecule has 3 atom stereocenters. The third-order valence-electron chi connectivity index (χ3n) is 3.29. The lowest BCUT2D eigenvalue weighted by molar-refractivity contribution is -0.0422. The molecule has 2 aromatic heterocycles. The van der Waals surface area contributed by atoms with Crippen LogP contribution in [-0.4, -0.2) is 48.5 Å². The van der Waals surface area contributed by atoms with Gasteiger partial charge in [0.2, 0.25) is 5.95 Å². The minimum atomic E-state index is -1.30. The van der Waals surface area contributed by atoms with Crippen LogP contribution in [0.1, 0.15) is 6.23 Å². The molecular formula is C11H12FN5O4. The van der Waals surface area contributed by atoms with E-state index >= 15 is 0 Å². The molecule has 1 fully saturated rings. The molecule has 9 nitrogen and oxygen atoms in total. The summed E-state index contributed by atoms with van der Waals surface area (Å²) in [5.41, 5.74) is 4.92. The highest BCUT2D eigenvalue weighted by Gasteiger charge is 2.40. The van der Waals surface area contributed by atoms with Gasteiger partial charge in [-0.25, -0.2) is 9.37 Å². The number of nitrogens with two attached hydrogens (primary N) is 1. The van der Waals surface area contributed by atoms with Gasteiger partial charge in [-0.1, -0.05) is 0 Å². The minimum absolute atomic E-state index is 0.00736. The van der Waals surface area contributed by atoms with Crippen LogP contribution < -0.4 is 11.3 Å². The van der Waals surface area contributed by atoms with Crippen LogP contribution in [0.5, 0.6) is 0 Å². The van der Waals surface area contributed by atoms with Gasteiger partial charge in [-0.05, 0) is 0 Å². The smallest absolute Gasteiger partial charge is 0.280 e. The van der Waals surface area contributed by atoms with Gasteiger partial charge < -0.3 is 20.7 Å². The fourth-order valence-corrected chi connectivity index (χ4v) is 2.28. The highest BCUT2D eigenvalue weighted by Crippen LogP contribution is 2.35. The van der Waals surface area contributed by atoms with Gasteiger partial charge in [-0.3, -0.25) is 14.3 Å². The Balaban J connectivity index is 2.15. The van der Waals surface area contributed by atoms with Crippen molar-refractivity contribution in [2.24, 2.45) is 0 Å². The van der Waals surface area contributed by atoms with E-state index in [2.05, 4.69) is 15.0 Å². The summed E-state index contributed by atoms with van der Waals surface area (Å²) in [7, 11) is 0. The second kappa shape index (κ2) is 4.91. The summed E-state index contributed by atoms with van der Waals surface area (Å²) in [4.78, 5) is 21.8. The summed E-state index contributed by atoms with van der Waals surface area (Å²) in [6.07, 6.45) is -1.92. The van der Waals surface area contributed by atoms with Crippen molar-refractivity contribution >= 4 is 17.1 Å². The number of hydrogen-bond acceptors (Lipinski definition) is 7. The van der Waals surface area contributed by atoms with Crippen LogP contribution in [0.25, 0.3) is 11.2 Å². The molecule has 10 heteroatoms. The summed E-state index contributed by atoms with van der Waals surface area (Å²) < 4.78 is 19.7. The molecule has 0 amide bonds. The van der Waals surface area contributed by atoms with Crippen molar-refractivity contribution in [2.75, 3.05) is 12.3 Å². The van der Waals surface area contributed by atoms with E-state index < -0.39 is 30.6 Å². The number of nitrogens with one attached hydrogen (secondary N) is 1. The molecular weight excluding hydrogens is 285 g/mol. The maximum Gasteiger partial charge on any atom is 0.280 e. The van der Waals surface area contributed by atoms with Crippen LogP contribution in [0, 0.1) is 0 Å². The maximum atomic E-state index is 13.0. The van der Waals surface area contributed by atoms with Gasteiger partial charge in [0, 0.05) is 5.57 Å². The number of hydrogen-bond donors (Lipinski definition) is 4. The second-order valence-corrected chi connectivity index (χ2v) is 4.54. The molecule has 1 aliphatic heterocycles. The summed E-state index contributed by atoms with van der Waals surface area (Å²) in [6.45, 7) is -0.488. The molecule has 1 saturated heterocycles. The van der Waals surface area contributed by atoms with Crippen molar-refractivity contribution in [2.45, 2.75) is 18.4 Å². The molecule has 0 radical (unpaired) electrons. The highest BCUT2D eigenvalue weighted by molar-refractivity contribution is 5.70. The number of H-pyrrole nitrogens is 1. The Kier molecular flexibility index (Phi) is 3.20. The molecule has 21 heavy (non-hydrogen) atoms. The SMILES string of the molecule is Nc1nc2c(ncn2[C@@H]2O[C@H](CO)C(O)C2=CF)c(=O)[nH]1. The predicted molar refractivity (Wildman–Crippen MR) is 68.8 cm³/mol. The van der Waals surface area contributed by atoms with E-state index in [1.165, 1.54) is 10.9 Å². The first-order valence-electron chi connectivity index (χ1n) is 6.03. The van der Waals surface area contributed by atoms with E-state index in [4.69, 9.17) is 15.6 Å². The number of aliphatic hydroxyl groups is 2. The first kappa shape index (κ1) is 13.7. The average molecular weight is 297 g/mol. The summed E-state index contributed by atoms with van der Waals surface area (Å²) in [6, 6.07) is 0. The molecule has 0 saturated carbocycles. The number of rotatable bonds is 2. The number of imidazole rings is 1. The molecule has 0 aliphatic carbocycles. The molecule has 3 heterocycles. The molecule has 3 rings (SSSR count). The number of nitrogen functional groups attached to an aromatic ring is 1. The van der Waals surface area contributed by atoms with Crippen LogP contribution in [0.15, 0.2) is 23.0 Å². The van der Waals surface area contributed by atoms with E-state index in [-0.39, 0.29) is 29.0 Å². The fraction of sp³-hybridized carbons (Fsp3) is 0.364. The number of fused-ring (bicyclic) bond motifs is 1. The Labute approximate surface area is 116 Å². The Morgan fingerprint density at radius 3 is 3.05 bits per heavy atom. The molecule has 0 aromatic carbocycles. The van der Waals surface area contributed by atoms with E-state index in [9.17, 15) is 14.3 Å². The van der Waals surface area contributed by atoms with Crippen molar-refractivity contribution in [3.8, 4) is 0 Å². The first-order valence-corrected chi connectivity index (χ1v) is 6.03. The number of anilines is 1. The zero-order valence-electron chi connectivity index (χ0n) is 10.6. The Bertz CT molecular complexity index is 770. The van der Waals surface area contributed by atoms with Crippen molar-refractivity contribution in [1.29, 1.82) is 0 Å². The van der Waals surface area contributed by atoms with Crippen molar-refractivity contribution in [1.82, 2.24) is 19.5 Å². The van der Waals surface area contributed by atoms with Crippen molar-refractivity contribution in [3.63, 3.8) is 0 Å². The van der Waals surface area contributed by atoms with E-state index in [0.717, 1.165) is 0 Å². The highest BCUT2D eigenvalue weighted by atomic mass is 19.1. The van der Waals surface area contributed by atoms with Crippen LogP contribution in [-0.2, 0) is 4.74 Å². The van der Waals surface area contributed by atoms with Crippen LogP contribution in [0.2, 0.25) is 0 Å². The number of aromatic nitrogens is 4. The van der Waals surface area contributed by atoms with Gasteiger partial charge in [0.25, 0.3) is 5.56 Å². The number of nitrogens with zero attached hydrogens (tertiary/aromatic N) is 3. The number of ether oxygens (including phenoxy) is 1. The van der Waals surface area contributed by atoms with E-state index in [0.29, 0.717) is 0 Å². The van der Waals surface area contributed by atoms with Gasteiger partial charge in [0.05, 0.1) is 19.3 Å². The predicted octanol–water partition coefficient (Wildman–Crippen LogP) is -1.19. The standard InChI is InChI=1S/C11H12FN5O4/c12-1-4-7(19)5(2-18)21-10(4)17-3-14-6-8(17)15-11(13)16-9(6)20/h1,3,5,7,10,18-19H,2H2,(H3,13,15,16,20)/t5-,7?,10-/m1/s1. The minimum Gasteiger partial charge on any atom is -0.394 e. The van der Waals surface area contributed by atoms with Gasteiger partial charge in [0.15, 0.2) is 17.4 Å². The average Bonchev–Trinajstić information content (AvgIpc) is 2.99. The molecule has 1 unspecified atom stereocenters. The van der Waals surface area contributed by atoms with E-state index in [1.54, 1.807) is 0 Å². The second-order valence-electron chi connectivity index (χ2n) is 4.54. The van der Waals surface area contributed by atoms with Gasteiger partial charge in [0.1, 0.15) is 12.2 Å². The third-order valence-corrected chi connectivity index (χ3v) is 3.29. The molecule has 5 N–H and O–H groups in total. The van der Waals surface area contributed by atoms with Crippen LogP contribution >= 0.6 is 0 Å². The lowest BCUT2D eigenvalue weighted by Gasteiger charge is -2.13. The molecule has 0 bridgehead atoms. The molecule has 112 valence electrons. The van der Waals surface area contributed by atoms with Gasteiger partial charge in [-0.2, -0.15) is 4.98 Å². The zero-order valence-corrected chi connectivity index (χ0v) is 10.6.